The highest BCUT2D eigenvalue weighted by Crippen LogP contribution is 2.21. The smallest absolute Gasteiger partial charge is 0.327 e. The number of likely N-dealkylation sites (tertiary alicyclic amines) is 1. The zero-order chi connectivity index (χ0) is 17.6. The molecule has 1 aromatic rings. The molecule has 0 spiro atoms. The van der Waals surface area contributed by atoms with Crippen LogP contribution in [0.1, 0.15) is 18.4 Å². The molecular formula is C19H27N3O3. The fraction of sp³-hybridized carbons (Fsp3) is 0.579. The molecular weight excluding hydrogens is 318 g/mol. The first-order valence-electron chi connectivity index (χ1n) is 9.05. The Labute approximate surface area is 149 Å². The number of rotatable bonds is 8. The van der Waals surface area contributed by atoms with Gasteiger partial charge in [0.2, 0.25) is 5.91 Å². The number of hydrogen-bond donors (Lipinski definition) is 0. The van der Waals surface area contributed by atoms with E-state index in [0.29, 0.717) is 19.7 Å². The van der Waals surface area contributed by atoms with Gasteiger partial charge in [-0.3, -0.25) is 14.6 Å². The van der Waals surface area contributed by atoms with Crippen molar-refractivity contribution in [2.45, 2.75) is 25.3 Å². The van der Waals surface area contributed by atoms with Gasteiger partial charge in [-0.1, -0.05) is 30.3 Å². The monoisotopic (exact) mass is 345 g/mol. The highest BCUT2D eigenvalue weighted by Gasteiger charge is 2.38. The lowest BCUT2D eigenvalue weighted by Crippen LogP contribution is -2.44. The maximum Gasteiger partial charge on any atom is 0.327 e. The summed E-state index contributed by atoms with van der Waals surface area (Å²) in [5.41, 5.74) is 1.33. The van der Waals surface area contributed by atoms with Crippen LogP contribution in [0.5, 0.6) is 0 Å². The molecule has 1 unspecified atom stereocenters. The number of benzene rings is 1. The van der Waals surface area contributed by atoms with Gasteiger partial charge in [-0.25, -0.2) is 4.79 Å². The molecule has 3 rings (SSSR count). The molecule has 0 radical (unpaired) electrons. The van der Waals surface area contributed by atoms with Crippen LogP contribution < -0.4 is 0 Å². The van der Waals surface area contributed by atoms with Gasteiger partial charge in [-0.15, -0.1) is 0 Å². The van der Waals surface area contributed by atoms with Crippen molar-refractivity contribution in [3.63, 3.8) is 0 Å². The van der Waals surface area contributed by atoms with Crippen LogP contribution in [0.4, 0.5) is 4.79 Å². The van der Waals surface area contributed by atoms with Crippen molar-refractivity contribution >= 4 is 11.9 Å². The lowest BCUT2D eigenvalue weighted by Gasteiger charge is -2.27. The number of imide groups is 1. The lowest BCUT2D eigenvalue weighted by molar-refractivity contribution is -0.125. The number of amides is 3. The lowest BCUT2D eigenvalue weighted by atomic mass is 10.1. The van der Waals surface area contributed by atoms with Gasteiger partial charge in [0.15, 0.2) is 0 Å². The Bertz CT molecular complexity index is 593. The molecule has 1 atom stereocenters. The largest absolute Gasteiger partial charge is 0.383 e. The van der Waals surface area contributed by atoms with Crippen LogP contribution in [0.25, 0.3) is 0 Å². The molecule has 3 amide bonds. The molecule has 1 aromatic carbocycles. The minimum absolute atomic E-state index is 0.0870. The normalized spacial score (nSPS) is 21.6. The zero-order valence-electron chi connectivity index (χ0n) is 14.9. The highest BCUT2D eigenvalue weighted by atomic mass is 16.5. The third-order valence-corrected chi connectivity index (χ3v) is 5.12. The summed E-state index contributed by atoms with van der Waals surface area (Å²) in [6.07, 6.45) is 3.17. The zero-order valence-corrected chi connectivity index (χ0v) is 14.9. The SMILES string of the molecule is COCCN1CC(=O)N(CC2CCCN2CCc2ccccc2)C1=O. The Kier molecular flexibility index (Phi) is 6.04. The Balaban J connectivity index is 1.54. The third-order valence-electron chi connectivity index (χ3n) is 5.12. The summed E-state index contributed by atoms with van der Waals surface area (Å²) in [7, 11) is 1.60. The van der Waals surface area contributed by atoms with Crippen molar-refractivity contribution in [1.29, 1.82) is 0 Å². The molecule has 2 fully saturated rings. The summed E-state index contributed by atoms with van der Waals surface area (Å²) in [6.45, 7) is 3.63. The van der Waals surface area contributed by atoms with E-state index in [1.807, 2.05) is 6.07 Å². The van der Waals surface area contributed by atoms with E-state index in [0.717, 1.165) is 32.4 Å². The van der Waals surface area contributed by atoms with Crippen molar-refractivity contribution in [3.8, 4) is 0 Å². The van der Waals surface area contributed by atoms with Crippen molar-refractivity contribution in [3.05, 3.63) is 35.9 Å². The molecule has 25 heavy (non-hydrogen) atoms. The van der Waals surface area contributed by atoms with Crippen LogP contribution in [0.15, 0.2) is 30.3 Å². The van der Waals surface area contributed by atoms with E-state index in [2.05, 4.69) is 29.2 Å². The molecule has 0 aromatic heterocycles. The molecule has 0 bridgehead atoms. The molecule has 0 saturated carbocycles. The van der Waals surface area contributed by atoms with Crippen LogP contribution in [-0.2, 0) is 16.0 Å². The maximum absolute atomic E-state index is 12.5. The average molecular weight is 345 g/mol. The minimum Gasteiger partial charge on any atom is -0.383 e. The van der Waals surface area contributed by atoms with E-state index in [1.54, 1.807) is 12.0 Å². The first-order valence-corrected chi connectivity index (χ1v) is 9.05. The molecule has 2 saturated heterocycles. The van der Waals surface area contributed by atoms with E-state index < -0.39 is 0 Å². The van der Waals surface area contributed by atoms with E-state index in [4.69, 9.17) is 4.74 Å². The average Bonchev–Trinajstić information content (AvgIpc) is 3.18. The van der Waals surface area contributed by atoms with Gasteiger partial charge >= 0.3 is 6.03 Å². The van der Waals surface area contributed by atoms with E-state index in [9.17, 15) is 9.59 Å². The van der Waals surface area contributed by atoms with Gasteiger partial charge in [0, 0.05) is 32.8 Å². The van der Waals surface area contributed by atoms with Gasteiger partial charge in [0.1, 0.15) is 6.54 Å². The summed E-state index contributed by atoms with van der Waals surface area (Å²) in [6, 6.07) is 10.6. The Morgan fingerprint density at radius 3 is 2.72 bits per heavy atom. The molecule has 2 aliphatic rings. The van der Waals surface area contributed by atoms with Crippen LogP contribution in [0, 0.1) is 0 Å². The van der Waals surface area contributed by atoms with Crippen LogP contribution in [0.2, 0.25) is 0 Å². The van der Waals surface area contributed by atoms with Gasteiger partial charge in [-0.2, -0.15) is 0 Å². The molecule has 6 nitrogen and oxygen atoms in total. The van der Waals surface area contributed by atoms with Crippen molar-refractivity contribution in [1.82, 2.24) is 14.7 Å². The van der Waals surface area contributed by atoms with Gasteiger partial charge in [-0.05, 0) is 31.4 Å². The standard InChI is InChI=1S/C19H27N3O3/c1-25-13-12-21-15-18(23)22(19(21)24)14-17-8-5-10-20(17)11-9-16-6-3-2-4-7-16/h2-4,6-7,17H,5,8-15H2,1H3. The Hall–Kier alpha value is -1.92. The molecule has 136 valence electrons. The number of hydrogen-bond acceptors (Lipinski definition) is 4. The van der Waals surface area contributed by atoms with E-state index in [-0.39, 0.29) is 24.5 Å². The summed E-state index contributed by atoms with van der Waals surface area (Å²) < 4.78 is 5.02. The molecule has 2 heterocycles. The third kappa shape index (κ3) is 4.38. The summed E-state index contributed by atoms with van der Waals surface area (Å²) >= 11 is 0. The second-order valence-electron chi connectivity index (χ2n) is 6.77. The highest BCUT2D eigenvalue weighted by molar-refractivity contribution is 6.02. The summed E-state index contributed by atoms with van der Waals surface area (Å²) in [5, 5.41) is 0. The minimum atomic E-state index is -0.169. The van der Waals surface area contributed by atoms with Gasteiger partial charge in [0.05, 0.1) is 6.61 Å². The number of carbonyl (C=O) groups excluding carboxylic acids is 2. The van der Waals surface area contributed by atoms with Crippen LogP contribution in [-0.4, -0.2) is 79.1 Å². The molecule has 0 N–H and O–H groups in total. The van der Waals surface area contributed by atoms with E-state index >= 15 is 0 Å². The Morgan fingerprint density at radius 2 is 1.96 bits per heavy atom. The Morgan fingerprint density at radius 1 is 1.16 bits per heavy atom. The van der Waals surface area contributed by atoms with Gasteiger partial charge in [0.25, 0.3) is 0 Å². The van der Waals surface area contributed by atoms with Crippen LogP contribution >= 0.6 is 0 Å². The first kappa shape index (κ1) is 17.9. The quantitative estimate of drug-likeness (QED) is 0.672. The molecule has 2 aliphatic heterocycles. The fourth-order valence-electron chi connectivity index (χ4n) is 3.67. The number of carbonyl (C=O) groups is 2. The van der Waals surface area contributed by atoms with Crippen molar-refractivity contribution in [2.24, 2.45) is 0 Å². The number of urea groups is 1. The van der Waals surface area contributed by atoms with Gasteiger partial charge < -0.3 is 9.64 Å². The second kappa shape index (κ2) is 8.45. The second-order valence-corrected chi connectivity index (χ2v) is 6.77. The molecule has 6 heteroatoms. The van der Waals surface area contributed by atoms with Crippen molar-refractivity contribution < 1.29 is 14.3 Å². The maximum atomic E-state index is 12.5. The first-order chi connectivity index (χ1) is 12.2. The number of ether oxygens (including phenoxy) is 1. The topological polar surface area (TPSA) is 53.1 Å². The number of nitrogens with zero attached hydrogens (tertiary/aromatic N) is 3. The number of methoxy groups -OCH3 is 1. The van der Waals surface area contributed by atoms with E-state index in [1.165, 1.54) is 10.5 Å². The molecule has 0 aliphatic carbocycles. The predicted molar refractivity (Wildman–Crippen MR) is 95.3 cm³/mol. The van der Waals surface area contributed by atoms with Crippen LogP contribution in [0.3, 0.4) is 0 Å². The summed E-state index contributed by atoms with van der Waals surface area (Å²) in [5.74, 6) is -0.0870. The fourth-order valence-corrected chi connectivity index (χ4v) is 3.67. The van der Waals surface area contributed by atoms with Crippen molar-refractivity contribution in [2.75, 3.05) is 46.4 Å². The predicted octanol–water partition coefficient (Wildman–Crippen LogP) is 1.60. The summed E-state index contributed by atoms with van der Waals surface area (Å²) in [4.78, 5) is 30.1.